The second-order valence-corrected chi connectivity index (χ2v) is 5.05. The largest absolute Gasteiger partial charge is 0.448 e. The summed E-state index contributed by atoms with van der Waals surface area (Å²) < 4.78 is 42.8. The maximum absolute atomic E-state index is 13.0. The number of carbonyl (C=O) groups excluding carboxylic acids is 1. The number of sulfonamides is 1. The Balaban J connectivity index is 2.71. The van der Waals surface area contributed by atoms with Crippen molar-refractivity contribution in [1.82, 2.24) is 4.72 Å². The fraction of sp³-hybridized carbons (Fsp3) is 0.222. The van der Waals surface area contributed by atoms with Crippen molar-refractivity contribution in [3.8, 4) is 0 Å². The van der Waals surface area contributed by atoms with Crippen LogP contribution >= 0.6 is 0 Å². The van der Waals surface area contributed by atoms with Gasteiger partial charge in [-0.15, -0.1) is 0 Å². The molecule has 0 radical (unpaired) electrons. The van der Waals surface area contributed by atoms with E-state index >= 15 is 0 Å². The summed E-state index contributed by atoms with van der Waals surface area (Å²) in [5.74, 6) is -0.760. The molecule has 0 aliphatic carbocycles. The van der Waals surface area contributed by atoms with Gasteiger partial charge in [0, 0.05) is 12.2 Å². The number of carbonyl (C=O) groups is 1. The SMILES string of the molecule is NC(=O)OCCNS(=O)(=O)c1cc(N)cc(F)c1. The Morgan fingerprint density at radius 3 is 2.61 bits per heavy atom. The number of nitrogen functional groups attached to an aromatic ring is 1. The first-order valence-electron chi connectivity index (χ1n) is 4.79. The quantitative estimate of drug-likeness (QED) is 0.507. The Morgan fingerprint density at radius 2 is 2.06 bits per heavy atom. The molecule has 1 aromatic rings. The molecule has 0 bridgehead atoms. The van der Waals surface area contributed by atoms with Crippen molar-refractivity contribution in [1.29, 1.82) is 0 Å². The zero-order chi connectivity index (χ0) is 13.8. The van der Waals surface area contributed by atoms with E-state index in [9.17, 15) is 17.6 Å². The Hall–Kier alpha value is -1.87. The van der Waals surface area contributed by atoms with Crippen LogP contribution in [0.1, 0.15) is 0 Å². The van der Waals surface area contributed by atoms with Gasteiger partial charge in [0.2, 0.25) is 10.0 Å². The third-order valence-electron chi connectivity index (χ3n) is 1.84. The number of nitrogens with one attached hydrogen (secondary N) is 1. The van der Waals surface area contributed by atoms with E-state index in [0.29, 0.717) is 0 Å². The topological polar surface area (TPSA) is 125 Å². The summed E-state index contributed by atoms with van der Waals surface area (Å²) in [6, 6.07) is 2.93. The van der Waals surface area contributed by atoms with Crippen LogP contribution in [-0.4, -0.2) is 27.7 Å². The van der Waals surface area contributed by atoms with Gasteiger partial charge in [-0.1, -0.05) is 0 Å². The van der Waals surface area contributed by atoms with Gasteiger partial charge >= 0.3 is 6.09 Å². The minimum atomic E-state index is -3.91. The highest BCUT2D eigenvalue weighted by Gasteiger charge is 2.15. The first kappa shape index (κ1) is 14.2. The molecule has 9 heteroatoms. The molecule has 0 spiro atoms. The first-order chi connectivity index (χ1) is 8.31. The van der Waals surface area contributed by atoms with Crippen molar-refractivity contribution >= 4 is 21.8 Å². The van der Waals surface area contributed by atoms with Crippen LogP contribution in [-0.2, 0) is 14.8 Å². The number of primary amides is 1. The van der Waals surface area contributed by atoms with Crippen LogP contribution in [0.15, 0.2) is 23.1 Å². The van der Waals surface area contributed by atoms with Crippen LogP contribution in [0, 0.1) is 5.82 Å². The molecule has 0 unspecified atom stereocenters. The van der Waals surface area contributed by atoms with E-state index in [1.807, 2.05) is 0 Å². The zero-order valence-electron chi connectivity index (χ0n) is 9.22. The normalized spacial score (nSPS) is 11.2. The maximum Gasteiger partial charge on any atom is 0.404 e. The smallest absolute Gasteiger partial charge is 0.404 e. The van der Waals surface area contributed by atoms with E-state index in [1.54, 1.807) is 0 Å². The maximum atomic E-state index is 13.0. The molecule has 5 N–H and O–H groups in total. The number of hydrogen-bond acceptors (Lipinski definition) is 5. The predicted octanol–water partition coefficient (Wildman–Crippen LogP) is -0.218. The lowest BCUT2D eigenvalue weighted by Gasteiger charge is -2.07. The minimum Gasteiger partial charge on any atom is -0.448 e. The number of nitrogens with two attached hydrogens (primary N) is 2. The lowest BCUT2D eigenvalue weighted by atomic mass is 10.3. The van der Waals surface area contributed by atoms with Crippen LogP contribution in [0.5, 0.6) is 0 Å². The van der Waals surface area contributed by atoms with E-state index in [2.05, 4.69) is 15.2 Å². The number of hydrogen-bond donors (Lipinski definition) is 3. The standard InChI is InChI=1S/C9H12FN3O4S/c10-6-3-7(11)5-8(4-6)18(15,16)13-1-2-17-9(12)14/h3-5,13H,1-2,11H2,(H2,12,14). The second-order valence-electron chi connectivity index (χ2n) is 3.29. The van der Waals surface area contributed by atoms with Gasteiger partial charge in [0.05, 0.1) is 4.90 Å². The summed E-state index contributed by atoms with van der Waals surface area (Å²) in [7, 11) is -3.91. The average molecular weight is 277 g/mol. The van der Waals surface area contributed by atoms with Gasteiger partial charge in [-0.25, -0.2) is 22.3 Å². The lowest BCUT2D eigenvalue weighted by Crippen LogP contribution is -2.29. The lowest BCUT2D eigenvalue weighted by molar-refractivity contribution is 0.159. The van der Waals surface area contributed by atoms with Crippen LogP contribution < -0.4 is 16.2 Å². The van der Waals surface area contributed by atoms with Crippen LogP contribution in [0.25, 0.3) is 0 Å². The van der Waals surface area contributed by atoms with E-state index in [-0.39, 0.29) is 23.7 Å². The number of halogens is 1. The zero-order valence-corrected chi connectivity index (χ0v) is 10.0. The molecular weight excluding hydrogens is 265 g/mol. The predicted molar refractivity (Wildman–Crippen MR) is 61.5 cm³/mol. The molecule has 100 valence electrons. The Bertz CT molecular complexity index is 526. The molecule has 0 aliphatic heterocycles. The van der Waals surface area contributed by atoms with Gasteiger partial charge < -0.3 is 16.2 Å². The molecule has 1 rings (SSSR count). The molecule has 0 heterocycles. The summed E-state index contributed by atoms with van der Waals surface area (Å²) >= 11 is 0. The van der Waals surface area contributed by atoms with Crippen molar-refractivity contribution in [2.75, 3.05) is 18.9 Å². The molecule has 0 fully saturated rings. The van der Waals surface area contributed by atoms with E-state index in [0.717, 1.165) is 18.2 Å². The average Bonchev–Trinajstić information content (AvgIpc) is 2.23. The monoisotopic (exact) mass is 277 g/mol. The molecule has 0 aromatic heterocycles. The Kier molecular flexibility index (Phi) is 4.45. The van der Waals surface area contributed by atoms with Crippen LogP contribution in [0.3, 0.4) is 0 Å². The van der Waals surface area contributed by atoms with E-state index in [1.165, 1.54) is 0 Å². The molecule has 0 atom stereocenters. The van der Waals surface area contributed by atoms with Gasteiger partial charge in [-0.3, -0.25) is 0 Å². The summed E-state index contributed by atoms with van der Waals surface area (Å²) in [4.78, 5) is 9.93. The van der Waals surface area contributed by atoms with E-state index < -0.39 is 21.9 Å². The molecule has 1 aromatic carbocycles. The molecule has 7 nitrogen and oxygen atoms in total. The van der Waals surface area contributed by atoms with Crippen molar-refractivity contribution < 1.29 is 22.3 Å². The van der Waals surface area contributed by atoms with Gasteiger partial charge in [0.25, 0.3) is 0 Å². The molecule has 0 saturated heterocycles. The van der Waals surface area contributed by atoms with Crippen LogP contribution in [0.2, 0.25) is 0 Å². The molecule has 0 saturated carbocycles. The highest BCUT2D eigenvalue weighted by molar-refractivity contribution is 7.89. The number of benzene rings is 1. The molecule has 18 heavy (non-hydrogen) atoms. The number of anilines is 1. The van der Waals surface area contributed by atoms with Crippen molar-refractivity contribution in [3.05, 3.63) is 24.0 Å². The van der Waals surface area contributed by atoms with Crippen molar-refractivity contribution in [3.63, 3.8) is 0 Å². The Morgan fingerprint density at radius 1 is 1.39 bits per heavy atom. The Labute approximate surface area is 103 Å². The summed E-state index contributed by atoms with van der Waals surface area (Å²) in [5.41, 5.74) is 10.0. The molecule has 1 amide bonds. The molecular formula is C9H12FN3O4S. The minimum absolute atomic E-state index is 0.0104. The second kappa shape index (κ2) is 5.65. The summed E-state index contributed by atoms with van der Waals surface area (Å²) in [5, 5.41) is 0. The van der Waals surface area contributed by atoms with Gasteiger partial charge in [-0.05, 0) is 18.2 Å². The van der Waals surface area contributed by atoms with Gasteiger partial charge in [-0.2, -0.15) is 0 Å². The van der Waals surface area contributed by atoms with E-state index in [4.69, 9.17) is 5.73 Å². The fourth-order valence-corrected chi connectivity index (χ4v) is 2.23. The third-order valence-corrected chi connectivity index (χ3v) is 3.28. The van der Waals surface area contributed by atoms with Gasteiger partial charge in [0.1, 0.15) is 12.4 Å². The fourth-order valence-electron chi connectivity index (χ4n) is 1.15. The van der Waals surface area contributed by atoms with Gasteiger partial charge in [0.15, 0.2) is 0 Å². The van der Waals surface area contributed by atoms with Crippen molar-refractivity contribution in [2.45, 2.75) is 4.90 Å². The third kappa shape index (κ3) is 4.18. The first-order valence-corrected chi connectivity index (χ1v) is 6.27. The summed E-state index contributed by atoms with van der Waals surface area (Å²) in [6.07, 6.45) is -1.01. The number of amides is 1. The highest BCUT2D eigenvalue weighted by Crippen LogP contribution is 2.15. The van der Waals surface area contributed by atoms with Crippen LogP contribution in [0.4, 0.5) is 14.9 Å². The summed E-state index contributed by atoms with van der Waals surface area (Å²) in [6.45, 7) is -0.402. The van der Waals surface area contributed by atoms with Crippen molar-refractivity contribution in [2.24, 2.45) is 5.73 Å². The highest BCUT2D eigenvalue weighted by atomic mass is 32.2. The number of ether oxygens (including phenoxy) is 1. The number of rotatable bonds is 5. The molecule has 0 aliphatic rings.